The molecule has 0 unspecified atom stereocenters. The van der Waals surface area contributed by atoms with Crippen molar-refractivity contribution in [1.82, 2.24) is 4.90 Å². The van der Waals surface area contributed by atoms with Gasteiger partial charge in [-0.2, -0.15) is 0 Å². The Kier molecular flexibility index (Phi) is 5.98. The molecule has 2 aromatic carbocycles. The van der Waals surface area contributed by atoms with Crippen LogP contribution in [-0.2, 0) is 4.79 Å². The van der Waals surface area contributed by atoms with E-state index in [-0.39, 0.29) is 11.7 Å². The summed E-state index contributed by atoms with van der Waals surface area (Å²) in [4.78, 5) is 19.4. The van der Waals surface area contributed by atoms with Crippen LogP contribution >= 0.6 is 34.4 Å². The quantitative estimate of drug-likeness (QED) is 0.452. The first-order chi connectivity index (χ1) is 12.5. The zero-order valence-electron chi connectivity index (χ0n) is 14.2. The Bertz CT molecular complexity index is 897. The molecular formula is C19H16FIN2O2S. The lowest BCUT2D eigenvalue weighted by molar-refractivity contribution is -0.122. The van der Waals surface area contributed by atoms with Gasteiger partial charge in [0.2, 0.25) is 0 Å². The molecule has 1 amide bonds. The fraction of sp³-hybridized carbons (Fsp3) is 0.158. The monoisotopic (exact) mass is 482 g/mol. The smallest absolute Gasteiger partial charge is 0.266 e. The van der Waals surface area contributed by atoms with Gasteiger partial charge in [0.1, 0.15) is 11.6 Å². The van der Waals surface area contributed by atoms with Crippen molar-refractivity contribution in [3.8, 4) is 5.75 Å². The van der Waals surface area contributed by atoms with Crippen LogP contribution < -0.4 is 4.74 Å². The molecule has 0 aliphatic carbocycles. The molecule has 1 aliphatic rings. The third-order valence-corrected chi connectivity index (χ3v) is 5.58. The number of methoxy groups -OCH3 is 1. The molecule has 134 valence electrons. The van der Waals surface area contributed by atoms with Crippen LogP contribution in [0.5, 0.6) is 5.75 Å². The van der Waals surface area contributed by atoms with Crippen molar-refractivity contribution in [3.63, 3.8) is 0 Å². The van der Waals surface area contributed by atoms with Gasteiger partial charge >= 0.3 is 0 Å². The second-order valence-corrected chi connectivity index (χ2v) is 7.60. The highest BCUT2D eigenvalue weighted by atomic mass is 127. The summed E-state index contributed by atoms with van der Waals surface area (Å²) < 4.78 is 19.3. The number of ether oxygens (including phenoxy) is 1. The van der Waals surface area contributed by atoms with E-state index in [2.05, 4.69) is 27.6 Å². The summed E-state index contributed by atoms with van der Waals surface area (Å²) in [7, 11) is 1.63. The predicted molar refractivity (Wildman–Crippen MR) is 112 cm³/mol. The fourth-order valence-electron chi connectivity index (χ4n) is 2.42. The second-order valence-electron chi connectivity index (χ2n) is 5.42. The molecule has 2 aromatic rings. The van der Waals surface area contributed by atoms with Crippen molar-refractivity contribution < 1.29 is 13.9 Å². The molecule has 0 atom stereocenters. The number of nitrogens with zero attached hydrogens (tertiary/aromatic N) is 2. The lowest BCUT2D eigenvalue weighted by atomic mass is 10.2. The van der Waals surface area contributed by atoms with Crippen LogP contribution in [0.3, 0.4) is 0 Å². The van der Waals surface area contributed by atoms with Crippen molar-refractivity contribution in [2.24, 2.45) is 4.99 Å². The molecule has 1 fully saturated rings. The summed E-state index contributed by atoms with van der Waals surface area (Å²) >= 11 is 3.52. The first-order valence-corrected chi connectivity index (χ1v) is 9.80. The van der Waals surface area contributed by atoms with Crippen molar-refractivity contribution in [1.29, 1.82) is 0 Å². The number of likely N-dealkylation sites (N-methyl/N-ethyl adjacent to an activating group) is 1. The van der Waals surface area contributed by atoms with E-state index < -0.39 is 0 Å². The van der Waals surface area contributed by atoms with Crippen LogP contribution in [-0.4, -0.2) is 29.6 Å². The van der Waals surface area contributed by atoms with Crippen molar-refractivity contribution in [3.05, 3.63) is 62.3 Å². The summed E-state index contributed by atoms with van der Waals surface area (Å²) in [6, 6.07) is 11.6. The number of amidine groups is 1. The van der Waals surface area contributed by atoms with E-state index in [1.165, 1.54) is 23.9 Å². The van der Waals surface area contributed by atoms with E-state index in [1.54, 1.807) is 24.1 Å². The van der Waals surface area contributed by atoms with Gasteiger partial charge in [0.25, 0.3) is 5.91 Å². The minimum atomic E-state index is -0.314. The molecule has 4 nitrogen and oxygen atoms in total. The molecule has 1 saturated heterocycles. The standard InChI is InChI=1S/C19H16FIN2O2S/c1-3-23-18(24)17(11-12-4-9-16(25-2)15(21)10-12)26-19(23)22-14-7-5-13(20)6-8-14/h4-11H,3H2,1-2H3/b17-11+,22-19?. The maximum atomic E-state index is 13.1. The number of halogens is 2. The van der Waals surface area contributed by atoms with Crippen molar-refractivity contribution in [2.45, 2.75) is 6.92 Å². The molecule has 3 rings (SSSR count). The molecule has 0 radical (unpaired) electrons. The van der Waals surface area contributed by atoms with Crippen LogP contribution in [0.2, 0.25) is 0 Å². The largest absolute Gasteiger partial charge is 0.496 e. The second kappa shape index (κ2) is 8.22. The van der Waals surface area contributed by atoms with Crippen molar-refractivity contribution in [2.75, 3.05) is 13.7 Å². The van der Waals surface area contributed by atoms with Crippen LogP contribution in [0.25, 0.3) is 6.08 Å². The topological polar surface area (TPSA) is 41.9 Å². The van der Waals surface area contributed by atoms with Crippen LogP contribution in [0.4, 0.5) is 10.1 Å². The minimum Gasteiger partial charge on any atom is -0.496 e. The lowest BCUT2D eigenvalue weighted by Crippen LogP contribution is -2.28. The summed E-state index contributed by atoms with van der Waals surface area (Å²) in [5.74, 6) is 0.405. The van der Waals surface area contributed by atoms with Gasteiger partial charge in [0, 0.05) is 6.54 Å². The third kappa shape index (κ3) is 4.09. The number of aliphatic imine (C=N–C) groups is 1. The summed E-state index contributed by atoms with van der Waals surface area (Å²) in [5.41, 5.74) is 1.53. The highest BCUT2D eigenvalue weighted by molar-refractivity contribution is 14.1. The van der Waals surface area contributed by atoms with Gasteiger partial charge in [0.15, 0.2) is 5.17 Å². The third-order valence-electron chi connectivity index (χ3n) is 3.73. The molecule has 1 heterocycles. The highest BCUT2D eigenvalue weighted by Crippen LogP contribution is 2.34. The molecule has 1 aliphatic heterocycles. The van der Waals surface area contributed by atoms with Gasteiger partial charge < -0.3 is 4.74 Å². The Morgan fingerprint density at radius 2 is 2.00 bits per heavy atom. The summed E-state index contributed by atoms with van der Waals surface area (Å²) in [6.45, 7) is 2.42. The number of carbonyl (C=O) groups is 1. The molecule has 7 heteroatoms. The number of amides is 1. The van der Waals surface area contributed by atoms with Gasteiger partial charge in [-0.25, -0.2) is 9.38 Å². The minimum absolute atomic E-state index is 0.0795. The average molecular weight is 482 g/mol. The number of thioether (sulfide) groups is 1. The van der Waals surface area contributed by atoms with Gasteiger partial charge in [0.05, 0.1) is 21.3 Å². The van der Waals surface area contributed by atoms with Crippen molar-refractivity contribution >= 4 is 57.2 Å². The van der Waals surface area contributed by atoms with Crippen LogP contribution in [0.15, 0.2) is 52.4 Å². The maximum Gasteiger partial charge on any atom is 0.266 e. The zero-order valence-corrected chi connectivity index (χ0v) is 17.2. The average Bonchev–Trinajstić information content (AvgIpc) is 2.91. The van der Waals surface area contributed by atoms with E-state index in [0.717, 1.165) is 14.9 Å². The number of rotatable bonds is 4. The fourth-order valence-corrected chi connectivity index (χ4v) is 4.24. The number of hydrogen-bond acceptors (Lipinski definition) is 4. The first kappa shape index (κ1) is 18.9. The van der Waals surface area contributed by atoms with Gasteiger partial charge in [-0.3, -0.25) is 9.69 Å². The van der Waals surface area contributed by atoms with Gasteiger partial charge in [-0.1, -0.05) is 6.07 Å². The molecular weight excluding hydrogens is 466 g/mol. The van der Waals surface area contributed by atoms with E-state index in [0.29, 0.717) is 22.3 Å². The molecule has 0 saturated carbocycles. The van der Waals surface area contributed by atoms with E-state index in [1.807, 2.05) is 31.2 Å². The maximum absolute atomic E-state index is 13.1. The van der Waals surface area contributed by atoms with E-state index in [9.17, 15) is 9.18 Å². The zero-order chi connectivity index (χ0) is 18.7. The molecule has 0 bridgehead atoms. The predicted octanol–water partition coefficient (Wildman–Crippen LogP) is 5.06. The molecule has 0 N–H and O–H groups in total. The SMILES string of the molecule is CCN1C(=O)/C(=C\c2ccc(OC)c(I)c2)SC1=Nc1ccc(F)cc1. The number of carbonyl (C=O) groups excluding carboxylic acids is 1. The molecule has 26 heavy (non-hydrogen) atoms. The van der Waals surface area contributed by atoms with Crippen LogP contribution in [0, 0.1) is 9.39 Å². The van der Waals surface area contributed by atoms with Gasteiger partial charge in [-0.05, 0) is 89.3 Å². The highest BCUT2D eigenvalue weighted by Gasteiger charge is 2.32. The Hall–Kier alpha value is -1.87. The van der Waals surface area contributed by atoms with E-state index >= 15 is 0 Å². The Morgan fingerprint density at radius 1 is 1.27 bits per heavy atom. The first-order valence-electron chi connectivity index (χ1n) is 7.91. The Morgan fingerprint density at radius 3 is 2.62 bits per heavy atom. The summed E-state index contributed by atoms with van der Waals surface area (Å²) in [5, 5.41) is 0.596. The molecule has 0 aromatic heterocycles. The number of benzene rings is 2. The summed E-state index contributed by atoms with van der Waals surface area (Å²) in [6.07, 6.45) is 1.85. The molecule has 0 spiro atoms. The Labute approximate surface area is 169 Å². The van der Waals surface area contributed by atoms with Gasteiger partial charge in [-0.15, -0.1) is 0 Å². The normalized spacial score (nSPS) is 17.4. The Balaban J connectivity index is 1.91. The van der Waals surface area contributed by atoms with Crippen LogP contribution in [0.1, 0.15) is 12.5 Å². The number of hydrogen-bond donors (Lipinski definition) is 0. The lowest BCUT2D eigenvalue weighted by Gasteiger charge is -2.11. The van der Waals surface area contributed by atoms with E-state index in [4.69, 9.17) is 4.74 Å².